The molecule has 1 aliphatic heterocycles. The quantitative estimate of drug-likeness (QED) is 0.630. The first-order valence-electron chi connectivity index (χ1n) is 7.76. The average molecular weight is 341 g/mol. The van der Waals surface area contributed by atoms with Crippen molar-refractivity contribution in [3.05, 3.63) is 17.0 Å². The van der Waals surface area contributed by atoms with Crippen LogP contribution in [0.15, 0.2) is 4.99 Å². The van der Waals surface area contributed by atoms with Gasteiger partial charge in [-0.3, -0.25) is 9.67 Å². The fourth-order valence-electron chi connectivity index (χ4n) is 2.90. The number of hydrogen-bond acceptors (Lipinski definition) is 4. The van der Waals surface area contributed by atoms with E-state index in [0.29, 0.717) is 19.6 Å². The van der Waals surface area contributed by atoms with E-state index in [9.17, 15) is 8.42 Å². The molecule has 0 unspecified atom stereocenters. The largest absolute Gasteiger partial charge is 0.352 e. The van der Waals surface area contributed by atoms with Gasteiger partial charge in [-0.2, -0.15) is 5.10 Å². The van der Waals surface area contributed by atoms with Crippen molar-refractivity contribution in [1.82, 2.24) is 20.0 Å². The second kappa shape index (κ2) is 6.14. The van der Waals surface area contributed by atoms with Crippen LogP contribution in [0, 0.1) is 13.8 Å². The maximum absolute atomic E-state index is 12.1. The lowest BCUT2D eigenvalue weighted by Crippen LogP contribution is -2.57. The number of nitrogens with one attached hydrogen (secondary N) is 1. The monoisotopic (exact) mass is 341 g/mol. The molecule has 1 N–H and O–H groups in total. The van der Waals surface area contributed by atoms with E-state index in [2.05, 4.69) is 15.4 Å². The maximum Gasteiger partial charge on any atom is 0.193 e. The summed E-state index contributed by atoms with van der Waals surface area (Å²) in [5.74, 6) is 0.890. The van der Waals surface area contributed by atoms with Gasteiger partial charge in [0.2, 0.25) is 0 Å². The van der Waals surface area contributed by atoms with Crippen LogP contribution >= 0.6 is 0 Å². The first kappa shape index (κ1) is 17.8. The Hall–Kier alpha value is -1.57. The molecule has 0 saturated carbocycles. The molecule has 0 bridgehead atoms. The molecule has 130 valence electrons. The Morgan fingerprint density at radius 2 is 2.04 bits per heavy atom. The van der Waals surface area contributed by atoms with Gasteiger partial charge in [-0.05, 0) is 27.7 Å². The summed E-state index contributed by atoms with van der Waals surface area (Å²) in [6.07, 6.45) is 0. The molecule has 23 heavy (non-hydrogen) atoms. The highest BCUT2D eigenvalue weighted by atomic mass is 32.2. The van der Waals surface area contributed by atoms with E-state index in [1.54, 1.807) is 20.9 Å². The van der Waals surface area contributed by atoms with Crippen LogP contribution in [0.2, 0.25) is 0 Å². The lowest BCUT2D eigenvalue weighted by atomic mass is 10.2. The second-order valence-corrected chi connectivity index (χ2v) is 9.42. The Bertz CT molecular complexity index is 718. The Labute approximate surface area is 138 Å². The molecule has 0 aromatic carbocycles. The van der Waals surface area contributed by atoms with Crippen molar-refractivity contribution >= 4 is 15.8 Å². The van der Waals surface area contributed by atoms with Crippen LogP contribution in [0.5, 0.6) is 0 Å². The van der Waals surface area contributed by atoms with Gasteiger partial charge in [0, 0.05) is 45.0 Å². The molecule has 1 aromatic heterocycles. The van der Waals surface area contributed by atoms with Crippen LogP contribution in [-0.4, -0.2) is 59.7 Å². The fourth-order valence-corrected chi connectivity index (χ4v) is 4.26. The van der Waals surface area contributed by atoms with Gasteiger partial charge in [0.05, 0.1) is 16.2 Å². The molecule has 0 aliphatic carbocycles. The smallest absolute Gasteiger partial charge is 0.193 e. The third-order valence-corrected chi connectivity index (χ3v) is 7.17. The minimum atomic E-state index is -3.05. The van der Waals surface area contributed by atoms with Crippen molar-refractivity contribution < 1.29 is 8.42 Å². The molecule has 1 aromatic rings. The Kier molecular flexibility index (Phi) is 4.75. The van der Waals surface area contributed by atoms with Crippen LogP contribution in [0.3, 0.4) is 0 Å². The number of sulfone groups is 1. The average Bonchev–Trinajstić information content (AvgIpc) is 2.69. The van der Waals surface area contributed by atoms with Crippen LogP contribution < -0.4 is 5.32 Å². The molecule has 7 nitrogen and oxygen atoms in total. The van der Waals surface area contributed by atoms with Gasteiger partial charge in [-0.15, -0.1) is 0 Å². The third-order valence-electron chi connectivity index (χ3n) is 4.64. The van der Waals surface area contributed by atoms with E-state index >= 15 is 0 Å². The summed E-state index contributed by atoms with van der Waals surface area (Å²) in [6, 6.07) is 0. The van der Waals surface area contributed by atoms with E-state index in [4.69, 9.17) is 0 Å². The maximum atomic E-state index is 12.1. The fraction of sp³-hybridized carbons (Fsp3) is 0.733. The van der Waals surface area contributed by atoms with Crippen LogP contribution in [-0.2, 0) is 23.4 Å². The lowest BCUT2D eigenvalue weighted by Gasteiger charge is -2.39. The SMILES string of the molecule is CN=C(NCc1c(C)nn(C)c1C)N1CCS(=O)(=O)C(C)(C)C1. The number of rotatable bonds is 2. The highest BCUT2D eigenvalue weighted by molar-refractivity contribution is 7.92. The molecule has 2 rings (SSSR count). The first-order valence-corrected chi connectivity index (χ1v) is 9.41. The highest BCUT2D eigenvalue weighted by Crippen LogP contribution is 2.23. The molecule has 1 aliphatic rings. The number of aryl methyl sites for hydroxylation is 2. The predicted molar refractivity (Wildman–Crippen MR) is 92.3 cm³/mol. The van der Waals surface area contributed by atoms with Crippen molar-refractivity contribution in [3.8, 4) is 0 Å². The van der Waals surface area contributed by atoms with Crippen LogP contribution in [0.1, 0.15) is 30.8 Å². The van der Waals surface area contributed by atoms with Gasteiger partial charge < -0.3 is 10.2 Å². The lowest BCUT2D eigenvalue weighted by molar-refractivity contribution is 0.353. The van der Waals surface area contributed by atoms with Crippen molar-refractivity contribution in [1.29, 1.82) is 0 Å². The molecule has 8 heteroatoms. The molecule has 0 amide bonds. The van der Waals surface area contributed by atoms with Gasteiger partial charge >= 0.3 is 0 Å². The van der Waals surface area contributed by atoms with Crippen molar-refractivity contribution in [2.24, 2.45) is 12.0 Å². The second-order valence-electron chi connectivity index (χ2n) is 6.67. The first-order chi connectivity index (χ1) is 10.6. The molecule has 0 radical (unpaired) electrons. The zero-order chi connectivity index (χ0) is 17.4. The highest BCUT2D eigenvalue weighted by Gasteiger charge is 2.40. The van der Waals surface area contributed by atoms with E-state index in [-0.39, 0.29) is 5.75 Å². The number of hydrogen-bond donors (Lipinski definition) is 1. The Morgan fingerprint density at radius 3 is 2.52 bits per heavy atom. The Morgan fingerprint density at radius 1 is 1.39 bits per heavy atom. The molecule has 0 atom stereocenters. The van der Waals surface area contributed by atoms with E-state index < -0.39 is 14.6 Å². The molecule has 2 heterocycles. The summed E-state index contributed by atoms with van der Waals surface area (Å²) >= 11 is 0. The van der Waals surface area contributed by atoms with Gasteiger partial charge in [0.1, 0.15) is 0 Å². The summed E-state index contributed by atoms with van der Waals surface area (Å²) in [6.45, 7) is 9.12. The van der Waals surface area contributed by atoms with Crippen molar-refractivity contribution in [3.63, 3.8) is 0 Å². The summed E-state index contributed by atoms with van der Waals surface area (Å²) in [4.78, 5) is 6.33. The molecule has 0 spiro atoms. The summed E-state index contributed by atoms with van der Waals surface area (Å²) in [5, 5.41) is 7.76. The van der Waals surface area contributed by atoms with Gasteiger partial charge in [-0.1, -0.05) is 0 Å². The topological polar surface area (TPSA) is 79.6 Å². The number of nitrogens with zero attached hydrogens (tertiary/aromatic N) is 4. The zero-order valence-electron chi connectivity index (χ0n) is 14.8. The number of aromatic nitrogens is 2. The van der Waals surface area contributed by atoms with E-state index in [1.807, 2.05) is 30.5 Å². The van der Waals surface area contributed by atoms with E-state index in [1.165, 1.54) is 0 Å². The minimum Gasteiger partial charge on any atom is -0.352 e. The minimum absolute atomic E-state index is 0.158. The molecular formula is C15H27N5O2S. The summed E-state index contributed by atoms with van der Waals surface area (Å²) < 4.78 is 25.4. The number of guanidine groups is 1. The summed E-state index contributed by atoms with van der Waals surface area (Å²) in [7, 11) is 0.602. The summed E-state index contributed by atoms with van der Waals surface area (Å²) in [5.41, 5.74) is 3.26. The molecule has 1 saturated heterocycles. The van der Waals surface area contributed by atoms with Crippen molar-refractivity contribution in [2.75, 3.05) is 25.9 Å². The third kappa shape index (κ3) is 3.36. The van der Waals surface area contributed by atoms with Crippen molar-refractivity contribution in [2.45, 2.75) is 39.0 Å². The standard InChI is InChI=1S/C15H27N5O2S/c1-11-13(12(2)19(6)18-11)9-17-14(16-5)20-7-8-23(21,22)15(3,4)10-20/h7-10H2,1-6H3,(H,16,17). The molecular weight excluding hydrogens is 314 g/mol. The van der Waals surface area contributed by atoms with Crippen LogP contribution in [0.4, 0.5) is 0 Å². The Balaban J connectivity index is 2.10. The zero-order valence-corrected chi connectivity index (χ0v) is 15.7. The van der Waals surface area contributed by atoms with Gasteiger partial charge in [0.25, 0.3) is 0 Å². The number of aliphatic imine (C=N–C) groups is 1. The van der Waals surface area contributed by atoms with E-state index in [0.717, 1.165) is 22.9 Å². The normalized spacial score (nSPS) is 20.6. The van der Waals surface area contributed by atoms with Crippen LogP contribution in [0.25, 0.3) is 0 Å². The molecule has 1 fully saturated rings. The predicted octanol–water partition coefficient (Wildman–Crippen LogP) is 0.621. The van der Waals surface area contributed by atoms with Gasteiger partial charge in [0.15, 0.2) is 15.8 Å². The van der Waals surface area contributed by atoms with Gasteiger partial charge in [-0.25, -0.2) is 8.42 Å².